The van der Waals surface area contributed by atoms with E-state index in [1.807, 2.05) is 37.3 Å². The molecule has 0 spiro atoms. The Kier molecular flexibility index (Phi) is 2.83. The van der Waals surface area contributed by atoms with Crippen LogP contribution in [0.15, 0.2) is 42.5 Å². The van der Waals surface area contributed by atoms with Crippen molar-refractivity contribution in [3.8, 4) is 17.1 Å². The molecular formula is C14H14N6. The van der Waals surface area contributed by atoms with Gasteiger partial charge in [-0.2, -0.15) is 4.68 Å². The average Bonchev–Trinajstić information content (AvgIpc) is 2.88. The van der Waals surface area contributed by atoms with E-state index in [4.69, 9.17) is 11.5 Å². The fraction of sp³-hybridized carbons (Fsp3) is 0.0714. The fourth-order valence-electron chi connectivity index (χ4n) is 2.00. The molecule has 1 aromatic heterocycles. The van der Waals surface area contributed by atoms with Crippen molar-refractivity contribution >= 4 is 11.4 Å². The first-order valence-electron chi connectivity index (χ1n) is 6.16. The second-order valence-corrected chi connectivity index (χ2v) is 4.60. The third kappa shape index (κ3) is 2.07. The average molecular weight is 266 g/mol. The molecular weight excluding hydrogens is 252 g/mol. The van der Waals surface area contributed by atoms with Gasteiger partial charge in [-0.15, -0.1) is 5.10 Å². The lowest BCUT2D eigenvalue weighted by molar-refractivity contribution is 0.791. The first kappa shape index (κ1) is 12.2. The van der Waals surface area contributed by atoms with Crippen LogP contribution < -0.4 is 11.5 Å². The van der Waals surface area contributed by atoms with Crippen LogP contribution in [0.25, 0.3) is 17.1 Å². The zero-order valence-corrected chi connectivity index (χ0v) is 11.0. The summed E-state index contributed by atoms with van der Waals surface area (Å²) < 4.78 is 1.65. The van der Waals surface area contributed by atoms with Crippen LogP contribution in [0.5, 0.6) is 0 Å². The van der Waals surface area contributed by atoms with Gasteiger partial charge in [0.05, 0.1) is 5.69 Å². The van der Waals surface area contributed by atoms with Gasteiger partial charge in [0, 0.05) is 16.9 Å². The van der Waals surface area contributed by atoms with Crippen molar-refractivity contribution in [3.63, 3.8) is 0 Å². The summed E-state index contributed by atoms with van der Waals surface area (Å²) in [6, 6.07) is 13.2. The number of hydrogen-bond acceptors (Lipinski definition) is 5. The summed E-state index contributed by atoms with van der Waals surface area (Å²) in [5, 5.41) is 11.8. The van der Waals surface area contributed by atoms with Crippen LogP contribution >= 0.6 is 0 Å². The Morgan fingerprint density at radius 1 is 1.00 bits per heavy atom. The number of aryl methyl sites for hydroxylation is 1. The van der Waals surface area contributed by atoms with Gasteiger partial charge in [0.2, 0.25) is 0 Å². The van der Waals surface area contributed by atoms with Gasteiger partial charge in [-0.25, -0.2) is 0 Å². The Morgan fingerprint density at radius 3 is 2.45 bits per heavy atom. The molecule has 0 aliphatic carbocycles. The maximum Gasteiger partial charge on any atom is 0.189 e. The van der Waals surface area contributed by atoms with Gasteiger partial charge in [0.15, 0.2) is 5.82 Å². The van der Waals surface area contributed by atoms with Crippen LogP contribution in [0.4, 0.5) is 11.4 Å². The summed E-state index contributed by atoms with van der Waals surface area (Å²) in [5.74, 6) is 0.589. The molecule has 1 heterocycles. The normalized spacial score (nSPS) is 10.7. The molecule has 2 aromatic carbocycles. The Labute approximate surface area is 116 Å². The van der Waals surface area contributed by atoms with E-state index in [0.717, 1.165) is 11.3 Å². The van der Waals surface area contributed by atoms with Gasteiger partial charge in [-0.05, 0) is 47.7 Å². The maximum atomic E-state index is 5.99. The Balaban J connectivity index is 2.12. The van der Waals surface area contributed by atoms with Crippen LogP contribution in [-0.2, 0) is 0 Å². The van der Waals surface area contributed by atoms with Gasteiger partial charge in [0.25, 0.3) is 0 Å². The molecule has 4 N–H and O–H groups in total. The highest BCUT2D eigenvalue weighted by molar-refractivity contribution is 5.75. The van der Waals surface area contributed by atoms with E-state index >= 15 is 0 Å². The standard InChI is InChI=1S/C14H14N6/c1-9-2-5-11(6-3-9)20-14(17-18-19-20)12-7-4-10(15)8-13(12)16/h2-8H,15-16H2,1H3. The number of nitrogen functional groups attached to an aromatic ring is 2. The van der Waals surface area contributed by atoms with E-state index < -0.39 is 0 Å². The number of rotatable bonds is 2. The number of anilines is 2. The molecule has 0 bridgehead atoms. The molecule has 0 saturated heterocycles. The summed E-state index contributed by atoms with van der Waals surface area (Å²) >= 11 is 0. The van der Waals surface area contributed by atoms with Crippen molar-refractivity contribution in [1.29, 1.82) is 0 Å². The number of benzene rings is 2. The number of hydrogen-bond donors (Lipinski definition) is 2. The predicted molar refractivity (Wildman–Crippen MR) is 78.2 cm³/mol. The van der Waals surface area contributed by atoms with E-state index in [-0.39, 0.29) is 0 Å². The minimum absolute atomic E-state index is 0.549. The number of nitrogens with two attached hydrogens (primary N) is 2. The highest BCUT2D eigenvalue weighted by Gasteiger charge is 2.13. The van der Waals surface area contributed by atoms with Crippen molar-refractivity contribution < 1.29 is 0 Å². The second kappa shape index (κ2) is 4.65. The summed E-state index contributed by atoms with van der Waals surface area (Å²) in [5.41, 5.74) is 15.7. The third-order valence-electron chi connectivity index (χ3n) is 3.06. The minimum Gasteiger partial charge on any atom is -0.399 e. The zero-order chi connectivity index (χ0) is 14.1. The largest absolute Gasteiger partial charge is 0.399 e. The SMILES string of the molecule is Cc1ccc(-n2nnnc2-c2ccc(N)cc2N)cc1. The minimum atomic E-state index is 0.549. The number of tetrazole rings is 1. The molecule has 6 heteroatoms. The monoisotopic (exact) mass is 266 g/mol. The molecule has 0 saturated carbocycles. The molecule has 0 aliphatic rings. The van der Waals surface area contributed by atoms with Crippen LogP contribution in [0, 0.1) is 6.92 Å². The predicted octanol–water partition coefficient (Wildman–Crippen LogP) is 1.80. The zero-order valence-electron chi connectivity index (χ0n) is 11.0. The Bertz CT molecular complexity index is 745. The van der Waals surface area contributed by atoms with E-state index in [0.29, 0.717) is 17.2 Å². The molecule has 3 aromatic rings. The van der Waals surface area contributed by atoms with Crippen LogP contribution in [0.3, 0.4) is 0 Å². The number of aromatic nitrogens is 4. The van der Waals surface area contributed by atoms with E-state index in [9.17, 15) is 0 Å². The fourth-order valence-corrected chi connectivity index (χ4v) is 2.00. The summed E-state index contributed by atoms with van der Waals surface area (Å²) in [6.45, 7) is 2.03. The lowest BCUT2D eigenvalue weighted by Crippen LogP contribution is -2.02. The maximum absolute atomic E-state index is 5.99. The molecule has 0 aliphatic heterocycles. The van der Waals surface area contributed by atoms with E-state index in [1.54, 1.807) is 16.8 Å². The molecule has 0 unspecified atom stereocenters. The Morgan fingerprint density at radius 2 is 1.75 bits per heavy atom. The lowest BCUT2D eigenvalue weighted by Gasteiger charge is -2.07. The van der Waals surface area contributed by atoms with Gasteiger partial charge in [0.1, 0.15) is 0 Å². The van der Waals surface area contributed by atoms with Gasteiger partial charge < -0.3 is 11.5 Å². The van der Waals surface area contributed by atoms with E-state index in [1.165, 1.54) is 5.56 Å². The van der Waals surface area contributed by atoms with Crippen LogP contribution in [0.2, 0.25) is 0 Å². The van der Waals surface area contributed by atoms with E-state index in [2.05, 4.69) is 15.5 Å². The van der Waals surface area contributed by atoms with Crippen molar-refractivity contribution in [2.24, 2.45) is 0 Å². The number of nitrogens with zero attached hydrogens (tertiary/aromatic N) is 4. The quantitative estimate of drug-likeness (QED) is 0.689. The van der Waals surface area contributed by atoms with Gasteiger partial charge in [-0.1, -0.05) is 17.7 Å². The smallest absolute Gasteiger partial charge is 0.189 e. The summed E-state index contributed by atoms with van der Waals surface area (Å²) in [7, 11) is 0. The highest BCUT2D eigenvalue weighted by Crippen LogP contribution is 2.26. The van der Waals surface area contributed by atoms with Crippen molar-refractivity contribution in [2.45, 2.75) is 6.92 Å². The Hall–Kier alpha value is -2.89. The topological polar surface area (TPSA) is 95.6 Å². The summed E-state index contributed by atoms with van der Waals surface area (Å²) in [6.07, 6.45) is 0. The third-order valence-corrected chi connectivity index (χ3v) is 3.06. The van der Waals surface area contributed by atoms with Crippen molar-refractivity contribution in [2.75, 3.05) is 11.5 Å². The molecule has 100 valence electrons. The molecule has 0 amide bonds. The first-order chi connectivity index (χ1) is 9.65. The van der Waals surface area contributed by atoms with Gasteiger partial charge in [-0.3, -0.25) is 0 Å². The molecule has 20 heavy (non-hydrogen) atoms. The van der Waals surface area contributed by atoms with Crippen molar-refractivity contribution in [3.05, 3.63) is 48.0 Å². The summed E-state index contributed by atoms with van der Waals surface area (Å²) in [4.78, 5) is 0. The molecule has 6 nitrogen and oxygen atoms in total. The second-order valence-electron chi connectivity index (χ2n) is 4.60. The lowest BCUT2D eigenvalue weighted by atomic mass is 10.1. The molecule has 3 rings (SSSR count). The highest BCUT2D eigenvalue weighted by atomic mass is 15.5. The van der Waals surface area contributed by atoms with Crippen molar-refractivity contribution in [1.82, 2.24) is 20.2 Å². The van der Waals surface area contributed by atoms with Crippen LogP contribution in [-0.4, -0.2) is 20.2 Å². The molecule has 0 fully saturated rings. The first-order valence-corrected chi connectivity index (χ1v) is 6.16. The van der Waals surface area contributed by atoms with Crippen LogP contribution in [0.1, 0.15) is 5.56 Å². The molecule has 0 radical (unpaired) electrons. The molecule has 0 atom stereocenters. The van der Waals surface area contributed by atoms with Gasteiger partial charge >= 0.3 is 0 Å².